The van der Waals surface area contributed by atoms with Gasteiger partial charge in [-0.15, -0.1) is 11.3 Å². The second kappa shape index (κ2) is 9.74. The van der Waals surface area contributed by atoms with Crippen molar-refractivity contribution in [2.75, 3.05) is 51.8 Å². The maximum absolute atomic E-state index is 12.8. The van der Waals surface area contributed by atoms with E-state index in [9.17, 15) is 4.79 Å². The number of nitrogens with one attached hydrogen (secondary N) is 1. The smallest absolute Gasteiger partial charge is 0.261 e. The molecule has 0 radical (unpaired) electrons. The number of fused-ring (bicyclic) bond motifs is 1. The van der Waals surface area contributed by atoms with Gasteiger partial charge in [-0.25, -0.2) is 4.98 Å². The number of aromatic nitrogens is 1. The number of ether oxygens (including phenoxy) is 1. The molecular weight excluding hydrogens is 412 g/mol. The highest BCUT2D eigenvalue weighted by atomic mass is 32.1. The van der Waals surface area contributed by atoms with Crippen LogP contribution in [0, 0.1) is 0 Å². The number of morpholine rings is 1. The van der Waals surface area contributed by atoms with Gasteiger partial charge in [-0.3, -0.25) is 9.69 Å². The molecule has 1 aliphatic rings. The lowest BCUT2D eigenvalue weighted by Crippen LogP contribution is -2.38. The number of hydrogen-bond donors (Lipinski definition) is 2. The molecule has 1 fully saturated rings. The molecule has 0 saturated carbocycles. The molecule has 164 valence electrons. The number of thiophene rings is 1. The van der Waals surface area contributed by atoms with Gasteiger partial charge >= 0.3 is 0 Å². The molecule has 3 aromatic rings. The van der Waals surface area contributed by atoms with Gasteiger partial charge in [0.15, 0.2) is 0 Å². The summed E-state index contributed by atoms with van der Waals surface area (Å²) >= 11 is 1.48. The van der Waals surface area contributed by atoms with Crippen LogP contribution in [-0.4, -0.2) is 67.8 Å². The number of carbonyl (C=O) groups excluding carboxylic acids is 1. The molecule has 1 aliphatic heterocycles. The molecule has 0 spiro atoms. The zero-order chi connectivity index (χ0) is 21.8. The van der Waals surface area contributed by atoms with Crippen molar-refractivity contribution in [2.24, 2.45) is 0 Å². The fraction of sp³-hybridized carbons (Fsp3) is 0.391. The van der Waals surface area contributed by atoms with E-state index in [1.807, 2.05) is 49.5 Å². The van der Waals surface area contributed by atoms with Gasteiger partial charge < -0.3 is 20.1 Å². The van der Waals surface area contributed by atoms with Gasteiger partial charge in [-0.05, 0) is 17.5 Å². The maximum Gasteiger partial charge on any atom is 0.261 e. The molecule has 8 heteroatoms. The first-order valence-corrected chi connectivity index (χ1v) is 11.3. The van der Waals surface area contributed by atoms with Crippen molar-refractivity contribution in [2.45, 2.75) is 12.6 Å². The van der Waals surface area contributed by atoms with Gasteiger partial charge in [0, 0.05) is 62.3 Å². The summed E-state index contributed by atoms with van der Waals surface area (Å²) < 4.78 is 7.25. The highest BCUT2D eigenvalue weighted by molar-refractivity contribution is 7.21. The van der Waals surface area contributed by atoms with E-state index >= 15 is 0 Å². The molecule has 4 rings (SSSR count). The van der Waals surface area contributed by atoms with Crippen LogP contribution in [0.2, 0.25) is 0 Å². The summed E-state index contributed by atoms with van der Waals surface area (Å²) in [6, 6.07) is 12.1. The molecule has 7 nitrogen and oxygen atoms in total. The SMILES string of the molecule is CN(C)c1ncccc1CN1CCO[C@H](c2c(C(=O)NCCO)sc3ccccc23)C1. The summed E-state index contributed by atoms with van der Waals surface area (Å²) in [5.41, 5.74) is 2.11. The minimum Gasteiger partial charge on any atom is -0.395 e. The predicted molar refractivity (Wildman–Crippen MR) is 124 cm³/mol. The van der Waals surface area contributed by atoms with Crippen LogP contribution in [-0.2, 0) is 11.3 Å². The van der Waals surface area contributed by atoms with E-state index < -0.39 is 0 Å². The monoisotopic (exact) mass is 440 g/mol. The first-order valence-electron chi connectivity index (χ1n) is 10.4. The molecule has 1 atom stereocenters. The number of benzene rings is 1. The summed E-state index contributed by atoms with van der Waals surface area (Å²) in [4.78, 5) is 22.4. The molecule has 0 bridgehead atoms. The van der Waals surface area contributed by atoms with Crippen LogP contribution in [0.15, 0.2) is 42.6 Å². The van der Waals surface area contributed by atoms with Gasteiger partial charge in [0.2, 0.25) is 0 Å². The second-order valence-electron chi connectivity index (χ2n) is 7.80. The minimum absolute atomic E-state index is 0.0843. The third-order valence-electron chi connectivity index (χ3n) is 5.40. The number of aliphatic hydroxyl groups is 1. The number of pyridine rings is 1. The van der Waals surface area contributed by atoms with E-state index in [1.54, 1.807) is 0 Å². The molecule has 0 aliphatic carbocycles. The summed E-state index contributed by atoms with van der Waals surface area (Å²) in [5.74, 6) is 0.809. The summed E-state index contributed by atoms with van der Waals surface area (Å²) in [5, 5.41) is 13.0. The average molecular weight is 441 g/mol. The normalized spacial score (nSPS) is 17.1. The van der Waals surface area contributed by atoms with E-state index in [1.165, 1.54) is 16.9 Å². The Bertz CT molecular complexity index is 1050. The number of hydrogen-bond acceptors (Lipinski definition) is 7. The van der Waals surface area contributed by atoms with Crippen molar-refractivity contribution in [1.29, 1.82) is 0 Å². The van der Waals surface area contributed by atoms with E-state index in [0.29, 0.717) is 18.0 Å². The van der Waals surface area contributed by atoms with E-state index in [4.69, 9.17) is 9.84 Å². The quantitative estimate of drug-likeness (QED) is 0.588. The third-order valence-corrected chi connectivity index (χ3v) is 6.58. The summed E-state index contributed by atoms with van der Waals surface area (Å²) in [7, 11) is 4.01. The van der Waals surface area contributed by atoms with Gasteiger partial charge in [0.05, 0.1) is 24.2 Å². The second-order valence-corrected chi connectivity index (χ2v) is 8.85. The van der Waals surface area contributed by atoms with Crippen LogP contribution in [0.1, 0.15) is 26.9 Å². The number of anilines is 1. The van der Waals surface area contributed by atoms with E-state index in [2.05, 4.69) is 27.3 Å². The van der Waals surface area contributed by atoms with Crippen molar-refractivity contribution in [3.05, 3.63) is 58.6 Å². The number of rotatable bonds is 7. The van der Waals surface area contributed by atoms with Gasteiger partial charge in [-0.1, -0.05) is 24.3 Å². The van der Waals surface area contributed by atoms with Crippen molar-refractivity contribution in [3.8, 4) is 0 Å². The molecule has 31 heavy (non-hydrogen) atoms. The van der Waals surface area contributed by atoms with Crippen LogP contribution < -0.4 is 10.2 Å². The first kappa shape index (κ1) is 21.7. The third kappa shape index (κ3) is 4.72. The van der Waals surface area contributed by atoms with Crippen molar-refractivity contribution in [3.63, 3.8) is 0 Å². The Morgan fingerprint density at radius 1 is 1.32 bits per heavy atom. The highest BCUT2D eigenvalue weighted by Crippen LogP contribution is 2.38. The molecular formula is C23H28N4O3S. The Hall–Kier alpha value is -2.52. The van der Waals surface area contributed by atoms with Crippen LogP contribution in [0.5, 0.6) is 0 Å². The predicted octanol–water partition coefficient (Wildman–Crippen LogP) is 2.66. The van der Waals surface area contributed by atoms with Crippen molar-refractivity contribution >= 4 is 33.1 Å². The maximum atomic E-state index is 12.8. The fourth-order valence-electron chi connectivity index (χ4n) is 4.02. The number of amides is 1. The topological polar surface area (TPSA) is 77.9 Å². The Kier molecular flexibility index (Phi) is 6.82. The molecule has 1 amide bonds. The number of carbonyl (C=O) groups is 1. The Balaban J connectivity index is 1.62. The standard InChI is InChI=1S/C23H28N4O3S/c1-26(2)22-16(6-5-9-24-22)14-27-11-13-30-18(15-27)20-17-7-3-4-8-19(17)31-21(20)23(29)25-10-12-28/h3-9,18,28H,10-15H2,1-2H3,(H,25,29)/t18-/m0/s1. The summed E-state index contributed by atoms with van der Waals surface area (Å²) in [6.07, 6.45) is 1.62. The van der Waals surface area contributed by atoms with Gasteiger partial charge in [0.1, 0.15) is 5.82 Å². The molecule has 2 aromatic heterocycles. The van der Waals surface area contributed by atoms with Crippen molar-refractivity contribution < 1.29 is 14.6 Å². The molecule has 3 heterocycles. The molecule has 1 aromatic carbocycles. The van der Waals surface area contributed by atoms with Crippen molar-refractivity contribution in [1.82, 2.24) is 15.2 Å². The lowest BCUT2D eigenvalue weighted by Gasteiger charge is -2.34. The van der Waals surface area contributed by atoms with E-state index in [-0.39, 0.29) is 25.2 Å². The molecule has 0 unspecified atom stereocenters. The van der Waals surface area contributed by atoms with Crippen LogP contribution in [0.25, 0.3) is 10.1 Å². The first-order chi connectivity index (χ1) is 15.1. The zero-order valence-corrected chi connectivity index (χ0v) is 18.7. The Labute approximate surface area is 186 Å². The Morgan fingerprint density at radius 3 is 2.97 bits per heavy atom. The van der Waals surface area contributed by atoms with Gasteiger partial charge in [-0.2, -0.15) is 0 Å². The lowest BCUT2D eigenvalue weighted by molar-refractivity contribution is -0.0323. The zero-order valence-electron chi connectivity index (χ0n) is 17.9. The Morgan fingerprint density at radius 2 is 2.16 bits per heavy atom. The average Bonchev–Trinajstić information content (AvgIpc) is 3.17. The molecule has 1 saturated heterocycles. The fourth-order valence-corrected chi connectivity index (χ4v) is 5.19. The van der Waals surface area contributed by atoms with Crippen LogP contribution in [0.4, 0.5) is 5.82 Å². The van der Waals surface area contributed by atoms with Gasteiger partial charge in [0.25, 0.3) is 5.91 Å². The molecule has 2 N–H and O–H groups in total. The number of aliphatic hydroxyl groups excluding tert-OH is 1. The largest absolute Gasteiger partial charge is 0.395 e. The van der Waals surface area contributed by atoms with Crippen LogP contribution >= 0.6 is 11.3 Å². The minimum atomic E-state index is -0.195. The van der Waals surface area contributed by atoms with E-state index in [0.717, 1.165) is 34.6 Å². The lowest BCUT2D eigenvalue weighted by atomic mass is 10.0. The summed E-state index contributed by atoms with van der Waals surface area (Å²) in [6.45, 7) is 3.05. The highest BCUT2D eigenvalue weighted by Gasteiger charge is 2.30. The van der Waals surface area contributed by atoms with Crippen LogP contribution in [0.3, 0.4) is 0 Å². The number of nitrogens with zero attached hydrogens (tertiary/aromatic N) is 3.